The predicted molar refractivity (Wildman–Crippen MR) is 71.8 cm³/mol. The van der Waals surface area contributed by atoms with E-state index in [2.05, 4.69) is 5.10 Å². The van der Waals surface area contributed by atoms with Gasteiger partial charge in [-0.3, -0.25) is 9.48 Å². The van der Waals surface area contributed by atoms with Crippen LogP contribution in [0.5, 0.6) is 0 Å². The van der Waals surface area contributed by atoms with Crippen molar-refractivity contribution in [1.82, 2.24) is 14.7 Å². The van der Waals surface area contributed by atoms with Gasteiger partial charge in [0.1, 0.15) is 0 Å². The number of hydrogen-bond acceptors (Lipinski definition) is 4. The summed E-state index contributed by atoms with van der Waals surface area (Å²) in [7, 11) is 1.81. The van der Waals surface area contributed by atoms with E-state index in [1.54, 1.807) is 17.1 Å². The Balaban J connectivity index is 1.78. The smallest absolute Gasteiger partial charge is 0.257 e. The number of hydrogen-bond donors (Lipinski definition) is 1. The molecule has 0 aromatic carbocycles. The van der Waals surface area contributed by atoms with Crippen molar-refractivity contribution in [2.75, 3.05) is 26.2 Å². The summed E-state index contributed by atoms with van der Waals surface area (Å²) in [4.78, 5) is 14.1. The second-order valence-corrected chi connectivity index (χ2v) is 4.91. The zero-order valence-corrected chi connectivity index (χ0v) is 11.4. The molecule has 1 saturated heterocycles. The van der Waals surface area contributed by atoms with Crippen LogP contribution in [-0.4, -0.2) is 52.9 Å². The number of aryl methyl sites for hydroxylation is 1. The number of carbonyl (C=O) groups excluding carboxylic acids is 1. The first-order chi connectivity index (χ1) is 9.20. The Hall–Kier alpha value is -1.40. The Kier molecular flexibility index (Phi) is 4.93. The highest BCUT2D eigenvalue weighted by atomic mass is 16.5. The van der Waals surface area contributed by atoms with Crippen molar-refractivity contribution in [2.24, 2.45) is 12.8 Å². The molecular formula is C13H22N4O2. The number of carbonyl (C=O) groups is 1. The second kappa shape index (κ2) is 6.68. The zero-order chi connectivity index (χ0) is 13.7. The summed E-state index contributed by atoms with van der Waals surface area (Å²) in [6.45, 7) is 2.89. The van der Waals surface area contributed by atoms with E-state index in [0.29, 0.717) is 12.1 Å². The molecule has 19 heavy (non-hydrogen) atoms. The number of amides is 1. The lowest BCUT2D eigenvalue weighted by atomic mass is 10.1. The fraction of sp³-hybridized carbons (Fsp3) is 0.692. The van der Waals surface area contributed by atoms with E-state index in [1.807, 2.05) is 11.9 Å². The Morgan fingerprint density at radius 3 is 2.84 bits per heavy atom. The number of piperidine rings is 1. The molecule has 6 nitrogen and oxygen atoms in total. The molecule has 1 aromatic rings. The lowest BCUT2D eigenvalue weighted by Crippen LogP contribution is -2.41. The van der Waals surface area contributed by atoms with Crippen LogP contribution in [0.3, 0.4) is 0 Å². The maximum Gasteiger partial charge on any atom is 0.257 e. The highest BCUT2D eigenvalue weighted by molar-refractivity contribution is 5.93. The molecule has 0 atom stereocenters. The number of nitrogens with zero attached hydrogens (tertiary/aromatic N) is 3. The summed E-state index contributed by atoms with van der Waals surface area (Å²) in [5.74, 6) is 0.0634. The molecular weight excluding hydrogens is 244 g/mol. The van der Waals surface area contributed by atoms with Crippen LogP contribution in [0.1, 0.15) is 29.6 Å². The van der Waals surface area contributed by atoms with Crippen LogP contribution in [0.2, 0.25) is 0 Å². The summed E-state index contributed by atoms with van der Waals surface area (Å²) in [5, 5.41) is 4.03. The Bertz CT molecular complexity index is 411. The van der Waals surface area contributed by atoms with Crippen LogP contribution < -0.4 is 5.73 Å². The van der Waals surface area contributed by atoms with Gasteiger partial charge in [-0.05, 0) is 25.8 Å². The van der Waals surface area contributed by atoms with Crippen LogP contribution in [0.15, 0.2) is 12.4 Å². The minimum atomic E-state index is 0.0634. The van der Waals surface area contributed by atoms with Gasteiger partial charge in [-0.15, -0.1) is 0 Å². The van der Waals surface area contributed by atoms with Crippen molar-refractivity contribution >= 4 is 5.91 Å². The molecule has 1 fully saturated rings. The summed E-state index contributed by atoms with van der Waals surface area (Å²) >= 11 is 0. The Morgan fingerprint density at radius 2 is 2.26 bits per heavy atom. The monoisotopic (exact) mass is 266 g/mol. The molecule has 106 valence electrons. The zero-order valence-electron chi connectivity index (χ0n) is 11.4. The van der Waals surface area contributed by atoms with Crippen molar-refractivity contribution in [3.05, 3.63) is 18.0 Å². The van der Waals surface area contributed by atoms with E-state index in [4.69, 9.17) is 10.5 Å². The van der Waals surface area contributed by atoms with Gasteiger partial charge in [0.15, 0.2) is 0 Å². The third-order valence-corrected chi connectivity index (χ3v) is 3.38. The maximum absolute atomic E-state index is 12.2. The van der Waals surface area contributed by atoms with Gasteiger partial charge >= 0.3 is 0 Å². The van der Waals surface area contributed by atoms with Crippen LogP contribution in [0.25, 0.3) is 0 Å². The van der Waals surface area contributed by atoms with Gasteiger partial charge in [-0.2, -0.15) is 5.10 Å². The number of likely N-dealkylation sites (tertiary alicyclic amines) is 1. The topological polar surface area (TPSA) is 73.4 Å². The van der Waals surface area contributed by atoms with Crippen molar-refractivity contribution in [2.45, 2.75) is 25.4 Å². The molecule has 0 saturated carbocycles. The molecule has 1 aliphatic rings. The first-order valence-corrected chi connectivity index (χ1v) is 6.80. The largest absolute Gasteiger partial charge is 0.378 e. The molecule has 0 radical (unpaired) electrons. The molecule has 1 aromatic heterocycles. The average Bonchev–Trinajstić information content (AvgIpc) is 2.86. The Morgan fingerprint density at radius 1 is 1.53 bits per heavy atom. The van der Waals surface area contributed by atoms with Crippen LogP contribution >= 0.6 is 0 Å². The molecule has 0 bridgehead atoms. The van der Waals surface area contributed by atoms with Crippen LogP contribution in [0.4, 0.5) is 0 Å². The van der Waals surface area contributed by atoms with E-state index in [-0.39, 0.29) is 12.0 Å². The highest BCUT2D eigenvalue weighted by Crippen LogP contribution is 2.16. The molecule has 0 aliphatic carbocycles. The fourth-order valence-electron chi connectivity index (χ4n) is 2.27. The average molecular weight is 266 g/mol. The van der Waals surface area contributed by atoms with Gasteiger partial charge in [0, 0.05) is 32.9 Å². The quantitative estimate of drug-likeness (QED) is 0.782. The standard InChI is InChI=1S/C13H22N4O2/c1-16-10-11(9-15-16)13(18)17-6-3-12(4-7-17)19-8-2-5-14/h9-10,12H,2-8,14H2,1H3. The minimum absolute atomic E-state index is 0.0634. The van der Waals surface area contributed by atoms with Crippen LogP contribution in [0, 0.1) is 0 Å². The minimum Gasteiger partial charge on any atom is -0.378 e. The van der Waals surface area contributed by atoms with Crippen molar-refractivity contribution in [3.63, 3.8) is 0 Å². The maximum atomic E-state index is 12.2. The number of ether oxygens (including phenoxy) is 1. The van der Waals surface area contributed by atoms with E-state index < -0.39 is 0 Å². The molecule has 2 heterocycles. The van der Waals surface area contributed by atoms with Gasteiger partial charge in [-0.25, -0.2) is 0 Å². The fourth-order valence-corrected chi connectivity index (χ4v) is 2.27. The van der Waals surface area contributed by atoms with E-state index in [9.17, 15) is 4.79 Å². The van der Waals surface area contributed by atoms with Crippen molar-refractivity contribution in [1.29, 1.82) is 0 Å². The van der Waals surface area contributed by atoms with Gasteiger partial charge < -0.3 is 15.4 Å². The van der Waals surface area contributed by atoms with E-state index >= 15 is 0 Å². The molecule has 0 unspecified atom stereocenters. The van der Waals surface area contributed by atoms with E-state index in [1.165, 1.54) is 0 Å². The molecule has 2 rings (SSSR count). The first-order valence-electron chi connectivity index (χ1n) is 6.80. The predicted octanol–water partition coefficient (Wildman–Crippen LogP) is 0.390. The normalized spacial score (nSPS) is 16.8. The summed E-state index contributed by atoms with van der Waals surface area (Å²) in [6, 6.07) is 0. The third kappa shape index (κ3) is 3.78. The molecule has 6 heteroatoms. The van der Waals surface area contributed by atoms with E-state index in [0.717, 1.165) is 39.0 Å². The molecule has 2 N–H and O–H groups in total. The molecule has 1 amide bonds. The number of nitrogens with two attached hydrogens (primary N) is 1. The first kappa shape index (κ1) is 14.0. The van der Waals surface area contributed by atoms with Gasteiger partial charge in [0.05, 0.1) is 17.9 Å². The number of rotatable bonds is 5. The lowest BCUT2D eigenvalue weighted by molar-refractivity contribution is 0.00844. The van der Waals surface area contributed by atoms with Gasteiger partial charge in [-0.1, -0.05) is 0 Å². The van der Waals surface area contributed by atoms with Gasteiger partial charge in [0.25, 0.3) is 5.91 Å². The second-order valence-electron chi connectivity index (χ2n) is 4.91. The summed E-state index contributed by atoms with van der Waals surface area (Å²) in [5.41, 5.74) is 6.09. The third-order valence-electron chi connectivity index (χ3n) is 3.38. The molecule has 1 aliphatic heterocycles. The van der Waals surface area contributed by atoms with Crippen molar-refractivity contribution in [3.8, 4) is 0 Å². The summed E-state index contributed by atoms with van der Waals surface area (Å²) in [6.07, 6.45) is 6.34. The summed E-state index contributed by atoms with van der Waals surface area (Å²) < 4.78 is 7.38. The number of aromatic nitrogens is 2. The van der Waals surface area contributed by atoms with Crippen LogP contribution in [-0.2, 0) is 11.8 Å². The highest BCUT2D eigenvalue weighted by Gasteiger charge is 2.24. The SMILES string of the molecule is Cn1cc(C(=O)N2CCC(OCCCN)CC2)cn1. The van der Waals surface area contributed by atoms with Crippen molar-refractivity contribution < 1.29 is 9.53 Å². The Labute approximate surface area is 113 Å². The lowest BCUT2D eigenvalue weighted by Gasteiger charge is -2.31. The van der Waals surface area contributed by atoms with Gasteiger partial charge in [0.2, 0.25) is 0 Å². The molecule has 0 spiro atoms.